The summed E-state index contributed by atoms with van der Waals surface area (Å²) in [7, 11) is 0. The van der Waals surface area contributed by atoms with Gasteiger partial charge in [0.05, 0.1) is 6.33 Å². The summed E-state index contributed by atoms with van der Waals surface area (Å²) in [5, 5.41) is 0. The van der Waals surface area contributed by atoms with Crippen LogP contribution in [-0.4, -0.2) is 28.3 Å². The zero-order valence-electron chi connectivity index (χ0n) is 9.17. The first-order chi connectivity index (χ1) is 7.15. The third-order valence-corrected chi connectivity index (χ3v) is 2.89. The van der Waals surface area contributed by atoms with E-state index in [0.29, 0.717) is 12.9 Å². The van der Waals surface area contributed by atoms with Crippen molar-refractivity contribution in [2.45, 2.75) is 20.3 Å². The number of hydrogen-bond acceptors (Lipinski definition) is 1. The number of nitrogens with zero attached hydrogens (tertiary/aromatic N) is 1. The number of alkyl halides is 1. The predicted molar refractivity (Wildman–Crippen MR) is 69.8 cm³/mol. The lowest BCUT2D eigenvalue weighted by atomic mass is 10.2. The lowest BCUT2D eigenvalue weighted by Crippen LogP contribution is -2.31. The quantitative estimate of drug-likeness (QED) is 0.417. The molecule has 1 amide bonds. The molecule has 0 saturated carbocycles. The molecule has 0 bridgehead atoms. The van der Waals surface area contributed by atoms with Crippen LogP contribution in [0.15, 0.2) is 24.1 Å². The lowest BCUT2D eigenvalue weighted by molar-refractivity contribution is -0.128. The van der Waals surface area contributed by atoms with Crippen LogP contribution in [0.2, 0.25) is 0 Å². The van der Waals surface area contributed by atoms with Crippen molar-refractivity contribution in [3.05, 3.63) is 24.1 Å². The van der Waals surface area contributed by atoms with Gasteiger partial charge in [0.1, 0.15) is 0 Å². The molecule has 15 heavy (non-hydrogen) atoms. The van der Waals surface area contributed by atoms with Crippen LogP contribution in [0.25, 0.3) is 0 Å². The van der Waals surface area contributed by atoms with Crippen molar-refractivity contribution in [2.24, 2.45) is 0 Å². The summed E-state index contributed by atoms with van der Waals surface area (Å²) >= 11 is 2.21. The molecule has 0 aliphatic carbocycles. The lowest BCUT2D eigenvalue weighted by Gasteiger charge is -2.21. The minimum absolute atomic E-state index is 0.0665. The minimum Gasteiger partial charge on any atom is -0.339 e. The Bertz CT molecular complexity index is 251. The molecule has 0 aromatic rings. The zero-order chi connectivity index (χ0) is 11.7. The smallest absolute Gasteiger partial charge is 0.219 e. The fraction of sp³-hybridized carbons (Fsp3) is 0.545. The number of halogens is 2. The molecule has 2 nitrogen and oxygen atoms in total. The first-order valence-electron chi connectivity index (χ1n) is 4.92. The van der Waals surface area contributed by atoms with Crippen LogP contribution >= 0.6 is 22.6 Å². The van der Waals surface area contributed by atoms with E-state index in [1.807, 2.05) is 6.92 Å². The molecule has 0 aromatic carbocycles. The van der Waals surface area contributed by atoms with Gasteiger partial charge in [-0.2, -0.15) is 0 Å². The Labute approximate surface area is 104 Å². The number of carbonyl (C=O) groups is 1. The van der Waals surface area contributed by atoms with Gasteiger partial charge in [0.25, 0.3) is 0 Å². The molecular weight excluding hydrogens is 308 g/mol. The molecule has 0 radical (unpaired) electrons. The fourth-order valence-corrected chi connectivity index (χ4v) is 1.67. The van der Waals surface area contributed by atoms with E-state index in [2.05, 4.69) is 22.6 Å². The Kier molecular flexibility index (Phi) is 8.65. The van der Waals surface area contributed by atoms with Crippen molar-refractivity contribution in [1.82, 2.24) is 4.90 Å². The summed E-state index contributed by atoms with van der Waals surface area (Å²) in [4.78, 5) is 13.0. The van der Waals surface area contributed by atoms with Crippen molar-refractivity contribution in [2.75, 3.05) is 17.5 Å². The van der Waals surface area contributed by atoms with E-state index < -0.39 is 0 Å². The van der Waals surface area contributed by atoms with E-state index in [-0.39, 0.29) is 5.91 Å². The van der Waals surface area contributed by atoms with E-state index >= 15 is 0 Å². The van der Waals surface area contributed by atoms with Crippen molar-refractivity contribution in [3.8, 4) is 0 Å². The molecule has 0 aliphatic heterocycles. The van der Waals surface area contributed by atoms with E-state index in [1.54, 1.807) is 17.9 Å². The average molecular weight is 325 g/mol. The van der Waals surface area contributed by atoms with Gasteiger partial charge in [-0.3, -0.25) is 4.79 Å². The van der Waals surface area contributed by atoms with Gasteiger partial charge in [-0.15, -0.1) is 0 Å². The first kappa shape index (κ1) is 14.6. The number of amides is 1. The Balaban J connectivity index is 4.41. The Morgan fingerprint density at radius 2 is 2.20 bits per heavy atom. The molecule has 0 N–H and O–H groups in total. The van der Waals surface area contributed by atoms with E-state index in [4.69, 9.17) is 0 Å². The molecule has 0 aliphatic rings. The molecule has 86 valence electrons. The minimum atomic E-state index is 0.0665. The van der Waals surface area contributed by atoms with Gasteiger partial charge >= 0.3 is 0 Å². The molecule has 4 heteroatoms. The van der Waals surface area contributed by atoms with Crippen LogP contribution < -0.4 is 0 Å². The topological polar surface area (TPSA) is 20.3 Å². The summed E-state index contributed by atoms with van der Waals surface area (Å²) in [6.45, 7) is 4.94. The monoisotopic (exact) mass is 325 g/mol. The van der Waals surface area contributed by atoms with Crippen LogP contribution in [0.3, 0.4) is 0 Å². The Hall–Kier alpha value is -0.390. The molecule has 0 aromatic heterocycles. The fourth-order valence-electron chi connectivity index (χ4n) is 1.17. The van der Waals surface area contributed by atoms with E-state index in [1.165, 1.54) is 6.08 Å². The molecule has 0 rings (SSSR count). The van der Waals surface area contributed by atoms with Crippen LogP contribution in [-0.2, 0) is 4.79 Å². The second kappa shape index (κ2) is 8.88. The highest BCUT2D eigenvalue weighted by molar-refractivity contribution is 14.1. The SMILES string of the molecule is CCCN(C/C(=C/C=C/F)CI)C(C)=O. The van der Waals surface area contributed by atoms with Crippen LogP contribution in [0, 0.1) is 0 Å². The zero-order valence-corrected chi connectivity index (χ0v) is 11.3. The van der Waals surface area contributed by atoms with Crippen molar-refractivity contribution < 1.29 is 9.18 Å². The molecule has 0 atom stereocenters. The second-order valence-corrected chi connectivity index (χ2v) is 3.98. The highest BCUT2D eigenvalue weighted by atomic mass is 127. The summed E-state index contributed by atoms with van der Waals surface area (Å²) in [6, 6.07) is 0. The van der Waals surface area contributed by atoms with Crippen LogP contribution in [0.1, 0.15) is 20.3 Å². The first-order valence-corrected chi connectivity index (χ1v) is 6.44. The summed E-state index contributed by atoms with van der Waals surface area (Å²) < 4.78 is 12.6. The summed E-state index contributed by atoms with van der Waals surface area (Å²) in [5.74, 6) is 0.0665. The molecule has 0 fully saturated rings. The highest BCUT2D eigenvalue weighted by Crippen LogP contribution is 2.05. The Morgan fingerprint density at radius 3 is 2.60 bits per heavy atom. The third kappa shape index (κ3) is 6.65. The van der Waals surface area contributed by atoms with Gasteiger partial charge < -0.3 is 4.90 Å². The van der Waals surface area contributed by atoms with Gasteiger partial charge in [0.2, 0.25) is 5.91 Å². The maximum atomic E-state index is 11.8. The van der Waals surface area contributed by atoms with Crippen LogP contribution in [0.5, 0.6) is 0 Å². The summed E-state index contributed by atoms with van der Waals surface area (Å²) in [6.07, 6.45) is 4.52. The molecule has 0 spiro atoms. The number of carbonyl (C=O) groups excluding carboxylic acids is 1. The highest BCUT2D eigenvalue weighted by Gasteiger charge is 2.08. The van der Waals surface area contributed by atoms with Gasteiger partial charge in [0, 0.05) is 24.4 Å². The maximum absolute atomic E-state index is 11.8. The normalized spacial score (nSPS) is 12.1. The van der Waals surface area contributed by atoms with E-state index in [9.17, 15) is 9.18 Å². The number of allylic oxidation sites excluding steroid dienone is 2. The third-order valence-electron chi connectivity index (χ3n) is 1.91. The molecular formula is C11H17FINO. The molecule has 0 saturated heterocycles. The molecule has 0 unspecified atom stereocenters. The largest absolute Gasteiger partial charge is 0.339 e. The number of hydrogen-bond donors (Lipinski definition) is 0. The summed E-state index contributed by atoms with van der Waals surface area (Å²) in [5.41, 5.74) is 1.05. The average Bonchev–Trinajstić information content (AvgIpc) is 2.22. The number of rotatable bonds is 6. The van der Waals surface area contributed by atoms with Gasteiger partial charge in [-0.25, -0.2) is 4.39 Å². The van der Waals surface area contributed by atoms with Gasteiger partial charge in [0.15, 0.2) is 0 Å². The standard InChI is InChI=1S/C11H17FINO/c1-3-7-14(10(2)15)9-11(8-13)5-4-6-12/h4-6H,3,7-9H2,1-2H3/b6-4+,11-5+. The van der Waals surface area contributed by atoms with Crippen molar-refractivity contribution >= 4 is 28.5 Å². The van der Waals surface area contributed by atoms with Crippen molar-refractivity contribution in [3.63, 3.8) is 0 Å². The predicted octanol–water partition coefficient (Wildman–Crippen LogP) is 3.09. The van der Waals surface area contributed by atoms with Gasteiger partial charge in [-0.1, -0.05) is 35.6 Å². The van der Waals surface area contributed by atoms with Crippen LogP contribution in [0.4, 0.5) is 4.39 Å². The van der Waals surface area contributed by atoms with Crippen molar-refractivity contribution in [1.29, 1.82) is 0 Å². The van der Waals surface area contributed by atoms with Gasteiger partial charge in [-0.05, 0) is 18.1 Å². The molecule has 0 heterocycles. The Morgan fingerprint density at radius 1 is 1.53 bits per heavy atom. The maximum Gasteiger partial charge on any atom is 0.219 e. The van der Waals surface area contributed by atoms with E-state index in [0.717, 1.165) is 23.0 Å². The second-order valence-electron chi connectivity index (χ2n) is 3.22.